The summed E-state index contributed by atoms with van der Waals surface area (Å²) in [5, 5.41) is 5.69. The number of benzene rings is 2. The zero-order chi connectivity index (χ0) is 20.4. The topological polar surface area (TPSA) is 102 Å². The van der Waals surface area contributed by atoms with Crippen LogP contribution in [-0.4, -0.2) is 20.9 Å². The summed E-state index contributed by atoms with van der Waals surface area (Å²) in [5.41, 5.74) is 0.786. The number of aryl methyl sites for hydroxylation is 1. The van der Waals surface area contributed by atoms with Crippen molar-refractivity contribution in [3.8, 4) is 0 Å². The summed E-state index contributed by atoms with van der Waals surface area (Å²) in [5.74, 6) is -0.780. The van der Waals surface area contributed by atoms with Crippen LogP contribution in [0.1, 0.15) is 10.4 Å². The molecule has 0 aliphatic heterocycles. The molecule has 0 aliphatic rings. The average Bonchev–Trinajstić information content (AvgIpc) is 2.70. The third-order valence-corrected chi connectivity index (χ3v) is 4.30. The highest BCUT2D eigenvalue weighted by molar-refractivity contribution is 6.06. The number of amides is 2. The second-order valence-corrected chi connectivity index (χ2v) is 6.17. The van der Waals surface area contributed by atoms with Crippen LogP contribution in [0.5, 0.6) is 0 Å². The molecule has 2 amide bonds. The molecule has 3 aromatic rings. The van der Waals surface area contributed by atoms with Gasteiger partial charge in [-0.1, -0.05) is 12.6 Å². The molecule has 0 radical (unpaired) electrons. The van der Waals surface area contributed by atoms with Crippen molar-refractivity contribution in [3.63, 3.8) is 0 Å². The van der Waals surface area contributed by atoms with Crippen molar-refractivity contribution in [2.75, 3.05) is 10.6 Å². The minimum atomic E-state index is -0.452. The standard InChI is InChI=1S/C20H18N4O4/c1-4-17(25)21-13-7-5-6-12(10-13)18(26)22-14-8-9-15-16(11-14)23(2)20(28)24(3)19(15)27/h4-11H,1H2,2-3H3,(H,21,25)(H,22,26). The first-order chi connectivity index (χ1) is 13.3. The second kappa shape index (κ2) is 7.36. The molecule has 142 valence electrons. The van der Waals surface area contributed by atoms with Crippen molar-refractivity contribution in [3.05, 3.63) is 81.5 Å². The van der Waals surface area contributed by atoms with Gasteiger partial charge in [-0.2, -0.15) is 0 Å². The molecule has 0 saturated heterocycles. The van der Waals surface area contributed by atoms with Crippen LogP contribution in [0.3, 0.4) is 0 Å². The van der Waals surface area contributed by atoms with Crippen LogP contribution in [0, 0.1) is 0 Å². The van der Waals surface area contributed by atoms with E-state index < -0.39 is 17.2 Å². The maximum absolute atomic E-state index is 12.6. The first-order valence-corrected chi connectivity index (χ1v) is 8.36. The van der Waals surface area contributed by atoms with Gasteiger partial charge in [0.2, 0.25) is 5.91 Å². The lowest BCUT2D eigenvalue weighted by Gasteiger charge is -2.11. The number of nitrogens with zero attached hydrogens (tertiary/aromatic N) is 2. The lowest BCUT2D eigenvalue weighted by atomic mass is 10.1. The SMILES string of the molecule is C=CC(=O)Nc1cccc(C(=O)Nc2ccc3c(=O)n(C)c(=O)n(C)c3c2)c1. The number of aromatic nitrogens is 2. The Morgan fingerprint density at radius 3 is 2.39 bits per heavy atom. The van der Waals surface area contributed by atoms with Crippen molar-refractivity contribution in [2.45, 2.75) is 0 Å². The summed E-state index contributed by atoms with van der Waals surface area (Å²) in [6, 6.07) is 11.2. The van der Waals surface area contributed by atoms with Gasteiger partial charge in [-0.15, -0.1) is 0 Å². The van der Waals surface area contributed by atoms with Gasteiger partial charge in [0.05, 0.1) is 10.9 Å². The van der Waals surface area contributed by atoms with E-state index in [2.05, 4.69) is 17.2 Å². The fourth-order valence-corrected chi connectivity index (χ4v) is 2.80. The Labute approximate surface area is 159 Å². The molecule has 3 rings (SSSR count). The van der Waals surface area contributed by atoms with E-state index in [0.29, 0.717) is 27.8 Å². The highest BCUT2D eigenvalue weighted by atomic mass is 16.2. The molecule has 2 N–H and O–H groups in total. The number of hydrogen-bond acceptors (Lipinski definition) is 4. The van der Waals surface area contributed by atoms with E-state index in [-0.39, 0.29) is 5.91 Å². The Balaban J connectivity index is 1.93. The summed E-state index contributed by atoms with van der Waals surface area (Å²) >= 11 is 0. The fourth-order valence-electron chi connectivity index (χ4n) is 2.80. The zero-order valence-electron chi connectivity index (χ0n) is 15.4. The van der Waals surface area contributed by atoms with Gasteiger partial charge < -0.3 is 10.6 Å². The van der Waals surface area contributed by atoms with Gasteiger partial charge in [-0.3, -0.25) is 23.5 Å². The van der Waals surface area contributed by atoms with Crippen LogP contribution in [0.4, 0.5) is 11.4 Å². The lowest BCUT2D eigenvalue weighted by Crippen LogP contribution is -2.36. The van der Waals surface area contributed by atoms with Crippen LogP contribution in [0.2, 0.25) is 0 Å². The van der Waals surface area contributed by atoms with Gasteiger partial charge in [0.25, 0.3) is 11.5 Å². The number of anilines is 2. The molecule has 0 atom stereocenters. The predicted octanol–water partition coefficient (Wildman–Crippen LogP) is 1.61. The van der Waals surface area contributed by atoms with E-state index in [1.165, 1.54) is 17.7 Å². The summed E-state index contributed by atoms with van der Waals surface area (Å²) in [7, 11) is 2.97. The molecule has 1 aromatic heterocycles. The Morgan fingerprint density at radius 1 is 0.964 bits per heavy atom. The maximum Gasteiger partial charge on any atom is 0.330 e. The normalized spacial score (nSPS) is 10.5. The first kappa shape index (κ1) is 18.8. The van der Waals surface area contributed by atoms with E-state index in [1.807, 2.05) is 0 Å². The van der Waals surface area contributed by atoms with Gasteiger partial charge >= 0.3 is 5.69 Å². The summed E-state index contributed by atoms with van der Waals surface area (Å²) in [6.45, 7) is 3.38. The molecule has 8 heteroatoms. The van der Waals surface area contributed by atoms with Gasteiger partial charge in [0.1, 0.15) is 0 Å². The number of rotatable bonds is 4. The van der Waals surface area contributed by atoms with Gasteiger partial charge in [-0.05, 0) is 42.5 Å². The first-order valence-electron chi connectivity index (χ1n) is 8.36. The highest BCUT2D eigenvalue weighted by Gasteiger charge is 2.11. The molecule has 0 unspecified atom stereocenters. The van der Waals surface area contributed by atoms with E-state index in [9.17, 15) is 19.2 Å². The summed E-state index contributed by atoms with van der Waals surface area (Å²) in [4.78, 5) is 48.3. The largest absolute Gasteiger partial charge is 0.330 e. The molecule has 0 aliphatic carbocycles. The zero-order valence-corrected chi connectivity index (χ0v) is 15.4. The fraction of sp³-hybridized carbons (Fsp3) is 0.100. The molecule has 0 fully saturated rings. The third-order valence-electron chi connectivity index (χ3n) is 4.30. The highest BCUT2D eigenvalue weighted by Crippen LogP contribution is 2.17. The smallest absolute Gasteiger partial charge is 0.323 e. The minimum absolute atomic E-state index is 0.333. The quantitative estimate of drug-likeness (QED) is 0.674. The predicted molar refractivity (Wildman–Crippen MR) is 108 cm³/mol. The molecule has 1 heterocycles. The van der Waals surface area contributed by atoms with Crippen LogP contribution < -0.4 is 21.9 Å². The molecule has 0 saturated carbocycles. The van der Waals surface area contributed by atoms with Crippen molar-refractivity contribution < 1.29 is 9.59 Å². The Bertz CT molecular complexity index is 1240. The van der Waals surface area contributed by atoms with E-state index in [0.717, 1.165) is 10.6 Å². The summed E-state index contributed by atoms with van der Waals surface area (Å²) < 4.78 is 2.38. The van der Waals surface area contributed by atoms with E-state index in [1.54, 1.807) is 43.4 Å². The Kier molecular flexibility index (Phi) is 4.95. The number of carbonyl (C=O) groups excluding carboxylic acids is 2. The molecule has 2 aromatic carbocycles. The van der Waals surface area contributed by atoms with Crippen LogP contribution in [0.15, 0.2) is 64.7 Å². The Hall–Kier alpha value is -3.94. The Morgan fingerprint density at radius 2 is 1.68 bits per heavy atom. The number of carbonyl (C=O) groups is 2. The van der Waals surface area contributed by atoms with Gasteiger partial charge in [0, 0.05) is 31.0 Å². The summed E-state index contributed by atoms with van der Waals surface area (Å²) in [6.07, 6.45) is 1.14. The molecule has 8 nitrogen and oxygen atoms in total. The van der Waals surface area contributed by atoms with Gasteiger partial charge in [-0.25, -0.2) is 4.79 Å². The van der Waals surface area contributed by atoms with Crippen molar-refractivity contribution in [2.24, 2.45) is 14.1 Å². The van der Waals surface area contributed by atoms with Crippen LogP contribution >= 0.6 is 0 Å². The number of nitrogens with one attached hydrogen (secondary N) is 2. The monoisotopic (exact) mass is 378 g/mol. The molecular weight excluding hydrogens is 360 g/mol. The average molecular weight is 378 g/mol. The van der Waals surface area contributed by atoms with Crippen LogP contribution in [0.25, 0.3) is 10.9 Å². The van der Waals surface area contributed by atoms with Crippen LogP contribution in [-0.2, 0) is 18.9 Å². The number of fused-ring (bicyclic) bond motifs is 1. The molecule has 28 heavy (non-hydrogen) atoms. The van der Waals surface area contributed by atoms with Gasteiger partial charge in [0.15, 0.2) is 0 Å². The molecule has 0 bridgehead atoms. The molecular formula is C20H18N4O4. The second-order valence-electron chi connectivity index (χ2n) is 6.17. The lowest BCUT2D eigenvalue weighted by molar-refractivity contribution is -0.111. The maximum atomic E-state index is 12.6. The molecule has 0 spiro atoms. The van der Waals surface area contributed by atoms with E-state index in [4.69, 9.17) is 0 Å². The minimum Gasteiger partial charge on any atom is -0.323 e. The van der Waals surface area contributed by atoms with Crippen molar-refractivity contribution in [1.29, 1.82) is 0 Å². The number of hydrogen-bond donors (Lipinski definition) is 2. The van der Waals surface area contributed by atoms with E-state index >= 15 is 0 Å². The van der Waals surface area contributed by atoms with Crippen molar-refractivity contribution >= 4 is 34.1 Å². The van der Waals surface area contributed by atoms with Crippen molar-refractivity contribution in [1.82, 2.24) is 9.13 Å². The third kappa shape index (κ3) is 3.48.